The van der Waals surface area contributed by atoms with Gasteiger partial charge < -0.3 is 0 Å². The van der Waals surface area contributed by atoms with Crippen LogP contribution in [-0.2, 0) is 31.2 Å². The number of halogens is 5. The Morgan fingerprint density at radius 1 is 0.824 bits per heavy atom. The van der Waals surface area contributed by atoms with Gasteiger partial charge >= 0.3 is 11.4 Å². The molecule has 0 saturated heterocycles. The van der Waals surface area contributed by atoms with Gasteiger partial charge in [0.25, 0.3) is 13.8 Å². The van der Waals surface area contributed by atoms with Crippen molar-refractivity contribution >= 4 is 31.2 Å². The van der Waals surface area contributed by atoms with Crippen molar-refractivity contribution in [1.29, 1.82) is 0 Å². The first-order valence-corrected chi connectivity index (χ1v) is 7.25. The lowest BCUT2D eigenvalue weighted by molar-refractivity contribution is -0.241. The summed E-state index contributed by atoms with van der Waals surface area (Å²) in [6, 6.07) is 0. The normalized spacial score (nSPS) is 14.8. The van der Waals surface area contributed by atoms with Crippen molar-refractivity contribution in [3.63, 3.8) is 0 Å². The Kier molecular flexibility index (Phi) is 4.50. The quantitative estimate of drug-likeness (QED) is 0.511. The fourth-order valence-electron chi connectivity index (χ4n) is 0.597. The van der Waals surface area contributed by atoms with Crippen LogP contribution in [0.1, 0.15) is 0 Å². The maximum Gasteiger partial charge on any atom is 0.469 e. The molecular weight excluding hydrogens is 323 g/mol. The predicted molar refractivity (Wildman–Crippen MR) is 44.3 cm³/mol. The van der Waals surface area contributed by atoms with Crippen LogP contribution in [0.5, 0.6) is 0 Å². The molecule has 0 fully saturated rings. The van der Waals surface area contributed by atoms with E-state index in [1.165, 1.54) is 0 Å². The summed E-state index contributed by atoms with van der Waals surface area (Å²) in [5.41, 5.74) is 0. The Balaban J connectivity index is 6.06. The minimum Gasteiger partial charge on any atom is -0.229 e. The minimum absolute atomic E-state index is 3.83. The highest BCUT2D eigenvalue weighted by Crippen LogP contribution is 2.41. The molecule has 0 aromatic heterocycles. The standard InChI is InChI=1S/C3H3F5O6S3/c4-2(5,6)3(7,8)17(13,14)1(15(9)10)16(11)12/h1,15-16H. The Bertz CT molecular complexity index is 500. The van der Waals surface area contributed by atoms with Gasteiger partial charge in [-0.2, -0.15) is 22.0 Å². The highest BCUT2D eigenvalue weighted by atomic mass is 32.3. The summed E-state index contributed by atoms with van der Waals surface area (Å²) in [6.45, 7) is 0. The van der Waals surface area contributed by atoms with Crippen LogP contribution in [0.15, 0.2) is 0 Å². The van der Waals surface area contributed by atoms with Crippen LogP contribution in [0.2, 0.25) is 0 Å². The molecule has 0 radical (unpaired) electrons. The van der Waals surface area contributed by atoms with Gasteiger partial charge in [0.15, 0.2) is 21.4 Å². The minimum atomic E-state index is -6.81. The third kappa shape index (κ3) is 2.85. The van der Waals surface area contributed by atoms with Gasteiger partial charge in [-0.1, -0.05) is 0 Å². The van der Waals surface area contributed by atoms with Gasteiger partial charge in [0, 0.05) is 0 Å². The summed E-state index contributed by atoms with van der Waals surface area (Å²) in [7, 11) is -15.9. The molecule has 0 heterocycles. The van der Waals surface area contributed by atoms with Gasteiger partial charge in [0.05, 0.1) is 0 Å². The van der Waals surface area contributed by atoms with Crippen molar-refractivity contribution in [1.82, 2.24) is 0 Å². The number of thiol groups is 2. The Morgan fingerprint density at radius 2 is 1.12 bits per heavy atom. The first-order chi connectivity index (χ1) is 7.26. The lowest BCUT2D eigenvalue weighted by Crippen LogP contribution is -2.49. The highest BCUT2D eigenvalue weighted by molar-refractivity contribution is 8.14. The van der Waals surface area contributed by atoms with Crippen LogP contribution in [0.3, 0.4) is 0 Å². The molecule has 0 aromatic rings. The smallest absolute Gasteiger partial charge is 0.229 e. The molecule has 0 aliphatic rings. The zero-order valence-corrected chi connectivity index (χ0v) is 9.82. The fraction of sp³-hybridized carbons (Fsp3) is 1.00. The zero-order chi connectivity index (χ0) is 14.2. The van der Waals surface area contributed by atoms with Gasteiger partial charge in [-0.15, -0.1) is 0 Å². The largest absolute Gasteiger partial charge is 0.469 e. The van der Waals surface area contributed by atoms with Gasteiger partial charge in [0.1, 0.15) is 0 Å². The van der Waals surface area contributed by atoms with Crippen molar-refractivity contribution in [2.45, 2.75) is 15.3 Å². The Hall–Kier alpha value is -0.500. The molecule has 0 spiro atoms. The molecule has 0 atom stereocenters. The highest BCUT2D eigenvalue weighted by Gasteiger charge is 2.70. The average molecular weight is 326 g/mol. The summed E-state index contributed by atoms with van der Waals surface area (Å²) in [5, 5.41) is -6.48. The van der Waals surface area contributed by atoms with Crippen LogP contribution in [0, 0.1) is 0 Å². The maximum atomic E-state index is 12.4. The third-order valence-corrected chi connectivity index (χ3v) is 7.38. The molecule has 0 aliphatic carbocycles. The van der Waals surface area contributed by atoms with E-state index in [1.54, 1.807) is 0 Å². The van der Waals surface area contributed by atoms with Crippen LogP contribution < -0.4 is 0 Å². The van der Waals surface area contributed by atoms with E-state index in [-0.39, 0.29) is 0 Å². The lowest BCUT2D eigenvalue weighted by Gasteiger charge is -2.20. The van der Waals surface area contributed by atoms with Crippen LogP contribution in [0.25, 0.3) is 0 Å². The number of alkyl halides is 5. The second kappa shape index (κ2) is 4.64. The molecule has 14 heteroatoms. The Morgan fingerprint density at radius 3 is 1.29 bits per heavy atom. The van der Waals surface area contributed by atoms with Gasteiger partial charge in [0.2, 0.25) is 0 Å². The van der Waals surface area contributed by atoms with Gasteiger partial charge in [-0.25, -0.2) is 25.3 Å². The second-order valence-corrected chi connectivity index (χ2v) is 7.81. The lowest BCUT2D eigenvalue weighted by atomic mass is 10.7. The maximum absolute atomic E-state index is 12.4. The Labute approximate surface area is 94.2 Å². The number of hydrogen-bond acceptors (Lipinski definition) is 6. The summed E-state index contributed by atoms with van der Waals surface area (Å²) < 4.78 is 118. The molecule has 0 rings (SSSR count). The number of hydrogen-bond donors (Lipinski definition) is 2. The second-order valence-electron chi connectivity index (χ2n) is 2.46. The van der Waals surface area contributed by atoms with E-state index in [0.717, 1.165) is 0 Å². The zero-order valence-electron chi connectivity index (χ0n) is 7.22. The molecule has 0 unspecified atom stereocenters. The van der Waals surface area contributed by atoms with E-state index < -0.39 is 46.6 Å². The molecule has 0 amide bonds. The number of rotatable bonds is 4. The molecule has 6 nitrogen and oxygen atoms in total. The summed E-state index contributed by atoms with van der Waals surface area (Å²) in [6.07, 6.45) is -6.62. The van der Waals surface area contributed by atoms with Crippen molar-refractivity contribution in [2.75, 3.05) is 0 Å². The SMILES string of the molecule is O=[SH](=O)C([SH](=O)=O)S(=O)(=O)C(F)(F)C(F)(F)F. The van der Waals surface area contributed by atoms with E-state index in [4.69, 9.17) is 0 Å². The van der Waals surface area contributed by atoms with Crippen LogP contribution >= 0.6 is 0 Å². The monoisotopic (exact) mass is 326 g/mol. The summed E-state index contributed by atoms with van der Waals surface area (Å²) in [5.74, 6) is 0. The van der Waals surface area contributed by atoms with Crippen molar-refractivity contribution in [2.24, 2.45) is 0 Å². The van der Waals surface area contributed by atoms with Crippen molar-refractivity contribution in [3.8, 4) is 0 Å². The van der Waals surface area contributed by atoms with Crippen LogP contribution in [-0.4, -0.2) is 40.6 Å². The van der Waals surface area contributed by atoms with Crippen molar-refractivity contribution < 1.29 is 47.2 Å². The summed E-state index contributed by atoms with van der Waals surface area (Å²) in [4.78, 5) is 0. The molecular formula is C3H3F5O6S3. The number of sulfone groups is 1. The molecule has 104 valence electrons. The van der Waals surface area contributed by atoms with E-state index in [0.29, 0.717) is 0 Å². The molecule has 17 heavy (non-hydrogen) atoms. The van der Waals surface area contributed by atoms with E-state index in [2.05, 4.69) is 0 Å². The van der Waals surface area contributed by atoms with Gasteiger partial charge in [-0.3, -0.25) is 0 Å². The third-order valence-electron chi connectivity index (χ3n) is 1.33. The molecule has 0 N–H and O–H groups in total. The molecule has 0 aliphatic heterocycles. The predicted octanol–water partition coefficient (Wildman–Crippen LogP) is -0.937. The average Bonchev–Trinajstić information content (AvgIpc) is 1.98. The summed E-state index contributed by atoms with van der Waals surface area (Å²) >= 11 is 0. The molecule has 0 bridgehead atoms. The van der Waals surface area contributed by atoms with Crippen molar-refractivity contribution in [3.05, 3.63) is 0 Å². The molecule has 0 aromatic carbocycles. The van der Waals surface area contributed by atoms with E-state index in [9.17, 15) is 47.2 Å². The first-order valence-electron chi connectivity index (χ1n) is 3.21. The molecule has 0 saturated carbocycles. The van der Waals surface area contributed by atoms with Crippen LogP contribution in [0.4, 0.5) is 22.0 Å². The topological polar surface area (TPSA) is 102 Å². The van der Waals surface area contributed by atoms with E-state index >= 15 is 0 Å². The van der Waals surface area contributed by atoms with E-state index in [1.807, 2.05) is 0 Å². The first kappa shape index (κ1) is 16.5. The fourth-order valence-corrected chi connectivity index (χ4v) is 4.41. The van der Waals surface area contributed by atoms with Gasteiger partial charge in [-0.05, 0) is 0 Å².